The van der Waals surface area contributed by atoms with Gasteiger partial charge in [-0.2, -0.15) is 8.78 Å². The van der Waals surface area contributed by atoms with Gasteiger partial charge in [0.15, 0.2) is 0 Å². The van der Waals surface area contributed by atoms with Crippen LogP contribution in [0, 0.1) is 0 Å². The van der Waals surface area contributed by atoms with Crippen LogP contribution in [-0.4, -0.2) is 6.61 Å². The number of anilines is 1. The first-order chi connectivity index (χ1) is 5.61. The van der Waals surface area contributed by atoms with Crippen molar-refractivity contribution >= 4 is 21.6 Å². The Kier molecular flexibility index (Phi) is 2.86. The van der Waals surface area contributed by atoms with Crippen LogP contribution in [-0.2, 0) is 0 Å². The van der Waals surface area contributed by atoms with Crippen molar-refractivity contribution in [3.8, 4) is 5.75 Å². The molecule has 0 saturated carbocycles. The third-order valence-electron chi connectivity index (χ3n) is 1.23. The van der Waals surface area contributed by atoms with Crippen LogP contribution >= 0.6 is 15.9 Å². The standard InChI is InChI=1S/C7H6BrF2NO/c8-4-2-1-3-5(6(4)11)12-7(9)10/h1-3,7H,11H2. The van der Waals surface area contributed by atoms with Gasteiger partial charge in [0.25, 0.3) is 0 Å². The average Bonchev–Trinajstić information content (AvgIpc) is 1.98. The minimum Gasteiger partial charge on any atom is -0.433 e. The predicted octanol–water partition coefficient (Wildman–Crippen LogP) is 2.63. The first-order valence-electron chi connectivity index (χ1n) is 3.10. The van der Waals surface area contributed by atoms with Crippen molar-refractivity contribution in [2.75, 3.05) is 5.73 Å². The summed E-state index contributed by atoms with van der Waals surface area (Å²) in [6, 6.07) is 4.60. The smallest absolute Gasteiger partial charge is 0.387 e. The van der Waals surface area contributed by atoms with Crippen LogP contribution in [0.25, 0.3) is 0 Å². The normalized spacial score (nSPS) is 10.3. The van der Waals surface area contributed by atoms with Crippen LogP contribution in [0.4, 0.5) is 14.5 Å². The molecule has 0 aromatic heterocycles. The van der Waals surface area contributed by atoms with Gasteiger partial charge in [-0.05, 0) is 28.1 Å². The van der Waals surface area contributed by atoms with Gasteiger partial charge in [-0.25, -0.2) is 0 Å². The van der Waals surface area contributed by atoms with E-state index in [1.165, 1.54) is 6.07 Å². The first-order valence-corrected chi connectivity index (χ1v) is 3.89. The molecular weight excluding hydrogens is 232 g/mol. The van der Waals surface area contributed by atoms with E-state index in [0.29, 0.717) is 4.47 Å². The highest BCUT2D eigenvalue weighted by atomic mass is 79.9. The second kappa shape index (κ2) is 3.71. The number of ether oxygens (including phenoxy) is 1. The first kappa shape index (κ1) is 9.25. The van der Waals surface area contributed by atoms with Crippen LogP contribution in [0.15, 0.2) is 22.7 Å². The van der Waals surface area contributed by atoms with E-state index < -0.39 is 6.61 Å². The molecule has 2 nitrogen and oxygen atoms in total. The van der Waals surface area contributed by atoms with E-state index >= 15 is 0 Å². The molecule has 0 bridgehead atoms. The lowest BCUT2D eigenvalue weighted by Gasteiger charge is -2.07. The van der Waals surface area contributed by atoms with Crippen molar-refractivity contribution in [3.63, 3.8) is 0 Å². The van der Waals surface area contributed by atoms with Crippen LogP contribution in [0.1, 0.15) is 0 Å². The Morgan fingerprint density at radius 3 is 2.67 bits per heavy atom. The maximum absolute atomic E-state index is 11.7. The predicted molar refractivity (Wildman–Crippen MR) is 45.2 cm³/mol. The summed E-state index contributed by atoms with van der Waals surface area (Å²) < 4.78 is 28.2. The fourth-order valence-corrected chi connectivity index (χ4v) is 1.06. The summed E-state index contributed by atoms with van der Waals surface area (Å²) in [7, 11) is 0. The zero-order valence-corrected chi connectivity index (χ0v) is 7.51. The maximum atomic E-state index is 11.7. The summed E-state index contributed by atoms with van der Waals surface area (Å²) in [4.78, 5) is 0. The highest BCUT2D eigenvalue weighted by Crippen LogP contribution is 2.30. The lowest BCUT2D eigenvalue weighted by Crippen LogP contribution is -2.04. The molecule has 5 heteroatoms. The minimum absolute atomic E-state index is 0.0145. The Morgan fingerprint density at radius 1 is 1.42 bits per heavy atom. The molecule has 66 valence electrons. The second-order valence-electron chi connectivity index (χ2n) is 2.03. The molecule has 12 heavy (non-hydrogen) atoms. The van der Waals surface area contributed by atoms with Crippen molar-refractivity contribution in [3.05, 3.63) is 22.7 Å². The number of halogens is 3. The molecule has 0 fully saturated rings. The van der Waals surface area contributed by atoms with E-state index in [0.717, 1.165) is 0 Å². The zero-order valence-electron chi connectivity index (χ0n) is 5.93. The van der Waals surface area contributed by atoms with Gasteiger partial charge in [-0.15, -0.1) is 0 Å². The lowest BCUT2D eigenvalue weighted by molar-refractivity contribution is -0.0493. The number of hydrogen-bond donors (Lipinski definition) is 1. The number of para-hydroxylation sites is 1. The summed E-state index contributed by atoms with van der Waals surface area (Å²) >= 11 is 3.09. The molecule has 0 unspecified atom stereocenters. The molecule has 0 spiro atoms. The lowest BCUT2D eigenvalue weighted by atomic mass is 10.3. The molecule has 0 atom stereocenters. The molecule has 1 aromatic rings. The highest BCUT2D eigenvalue weighted by molar-refractivity contribution is 9.10. The van der Waals surface area contributed by atoms with Crippen molar-refractivity contribution < 1.29 is 13.5 Å². The van der Waals surface area contributed by atoms with Gasteiger partial charge in [0.05, 0.1) is 5.69 Å². The van der Waals surface area contributed by atoms with E-state index in [9.17, 15) is 8.78 Å². The fourth-order valence-electron chi connectivity index (χ4n) is 0.716. The van der Waals surface area contributed by atoms with E-state index in [1.807, 2.05) is 0 Å². The van der Waals surface area contributed by atoms with Gasteiger partial charge >= 0.3 is 6.61 Å². The van der Waals surface area contributed by atoms with Gasteiger partial charge < -0.3 is 10.5 Å². The van der Waals surface area contributed by atoms with Crippen molar-refractivity contribution in [1.29, 1.82) is 0 Å². The second-order valence-corrected chi connectivity index (χ2v) is 2.88. The summed E-state index contributed by atoms with van der Waals surface area (Å²) in [6.07, 6.45) is 0. The van der Waals surface area contributed by atoms with Crippen LogP contribution in [0.3, 0.4) is 0 Å². The van der Waals surface area contributed by atoms with Crippen molar-refractivity contribution in [2.24, 2.45) is 0 Å². The van der Waals surface area contributed by atoms with Crippen LogP contribution < -0.4 is 10.5 Å². The molecule has 0 aliphatic carbocycles. The number of benzene rings is 1. The maximum Gasteiger partial charge on any atom is 0.387 e. The molecule has 2 N–H and O–H groups in total. The van der Waals surface area contributed by atoms with Gasteiger partial charge in [0, 0.05) is 4.47 Å². The molecule has 0 aliphatic heterocycles. The molecule has 0 saturated heterocycles. The quantitative estimate of drug-likeness (QED) is 0.803. The molecular formula is C7H6BrF2NO. The molecule has 0 amide bonds. The third-order valence-corrected chi connectivity index (χ3v) is 1.92. The Morgan fingerprint density at radius 2 is 2.08 bits per heavy atom. The highest BCUT2D eigenvalue weighted by Gasteiger charge is 2.08. The van der Waals surface area contributed by atoms with Gasteiger partial charge in [0.1, 0.15) is 5.75 Å². The summed E-state index contributed by atoms with van der Waals surface area (Å²) in [5.41, 5.74) is 5.60. The number of nitrogens with two attached hydrogens (primary N) is 1. The zero-order chi connectivity index (χ0) is 9.14. The Labute approximate surface area is 76.4 Å². The third kappa shape index (κ3) is 2.07. The van der Waals surface area contributed by atoms with E-state index in [4.69, 9.17) is 5.73 Å². The Bertz CT molecular complexity index is 280. The molecule has 0 heterocycles. The largest absolute Gasteiger partial charge is 0.433 e. The Balaban J connectivity index is 2.92. The number of alkyl halides is 2. The summed E-state index contributed by atoms with van der Waals surface area (Å²) in [6.45, 7) is -2.85. The van der Waals surface area contributed by atoms with E-state index in [2.05, 4.69) is 20.7 Å². The Hall–Kier alpha value is -0.840. The van der Waals surface area contributed by atoms with Gasteiger partial charge in [-0.3, -0.25) is 0 Å². The van der Waals surface area contributed by atoms with Crippen LogP contribution in [0.2, 0.25) is 0 Å². The number of nitrogen functional groups attached to an aromatic ring is 1. The topological polar surface area (TPSA) is 35.2 Å². The number of hydrogen-bond acceptors (Lipinski definition) is 2. The average molecular weight is 238 g/mol. The monoisotopic (exact) mass is 237 g/mol. The molecule has 0 aliphatic rings. The SMILES string of the molecule is Nc1c(Br)cccc1OC(F)F. The van der Waals surface area contributed by atoms with E-state index in [1.54, 1.807) is 12.1 Å². The van der Waals surface area contributed by atoms with Gasteiger partial charge in [0.2, 0.25) is 0 Å². The molecule has 0 radical (unpaired) electrons. The van der Waals surface area contributed by atoms with Crippen LogP contribution in [0.5, 0.6) is 5.75 Å². The molecule has 1 aromatic carbocycles. The van der Waals surface area contributed by atoms with Crippen molar-refractivity contribution in [2.45, 2.75) is 6.61 Å². The van der Waals surface area contributed by atoms with E-state index in [-0.39, 0.29) is 11.4 Å². The van der Waals surface area contributed by atoms with Gasteiger partial charge in [-0.1, -0.05) is 6.07 Å². The summed E-state index contributed by atoms with van der Waals surface area (Å²) in [5.74, 6) is -0.0145. The summed E-state index contributed by atoms with van der Waals surface area (Å²) in [5, 5.41) is 0. The minimum atomic E-state index is -2.85. The fraction of sp³-hybridized carbons (Fsp3) is 0.143. The van der Waals surface area contributed by atoms with Crippen molar-refractivity contribution in [1.82, 2.24) is 0 Å². The molecule has 1 rings (SSSR count). The number of rotatable bonds is 2.